The fraction of sp³-hybridized carbons (Fsp3) is 0.423. The maximum Gasteiger partial charge on any atom is 0.408 e. The Morgan fingerprint density at radius 3 is 2.44 bits per heavy atom. The Morgan fingerprint density at radius 2 is 1.78 bits per heavy atom. The van der Waals surface area contributed by atoms with Gasteiger partial charge < -0.3 is 15.0 Å². The van der Waals surface area contributed by atoms with Crippen molar-refractivity contribution in [1.29, 1.82) is 0 Å². The van der Waals surface area contributed by atoms with Crippen LogP contribution in [0.1, 0.15) is 31.9 Å². The van der Waals surface area contributed by atoms with Crippen molar-refractivity contribution in [2.45, 2.75) is 57.1 Å². The summed E-state index contributed by atoms with van der Waals surface area (Å²) in [5, 5.41) is 2.92. The molecule has 2 aliphatic heterocycles. The largest absolute Gasteiger partial charge is 0.444 e. The molecular formula is C26H31N3O5S2. The third kappa shape index (κ3) is 6.28. The normalized spacial score (nSPS) is 22.8. The van der Waals surface area contributed by atoms with E-state index in [2.05, 4.69) is 10.3 Å². The number of rotatable bonds is 5. The number of benzene rings is 2. The zero-order valence-electron chi connectivity index (χ0n) is 20.8. The van der Waals surface area contributed by atoms with Crippen LogP contribution < -0.4 is 10.2 Å². The molecule has 2 aromatic rings. The van der Waals surface area contributed by atoms with Gasteiger partial charge in [-0.3, -0.25) is 4.79 Å². The molecule has 3 atom stereocenters. The molecule has 0 bridgehead atoms. The first-order valence-electron chi connectivity index (χ1n) is 11.8. The summed E-state index contributed by atoms with van der Waals surface area (Å²) in [7, 11) is -3.18. The van der Waals surface area contributed by atoms with E-state index in [1.165, 1.54) is 11.8 Å². The van der Waals surface area contributed by atoms with Gasteiger partial charge in [0.1, 0.15) is 11.6 Å². The molecule has 2 fully saturated rings. The van der Waals surface area contributed by atoms with Gasteiger partial charge in [0.15, 0.2) is 15.0 Å². The van der Waals surface area contributed by atoms with Crippen molar-refractivity contribution in [3.05, 3.63) is 65.7 Å². The van der Waals surface area contributed by atoms with Crippen molar-refractivity contribution in [3.63, 3.8) is 0 Å². The fourth-order valence-corrected chi connectivity index (χ4v) is 8.26. The van der Waals surface area contributed by atoms with E-state index in [9.17, 15) is 18.0 Å². The Kier molecular flexibility index (Phi) is 7.47. The molecule has 4 rings (SSSR count). The minimum absolute atomic E-state index is 0.00974. The predicted molar refractivity (Wildman–Crippen MR) is 143 cm³/mol. The standard InChI is InChI=1S/C26H31N3O5S2/c1-17-10-8-9-13-20(17)29-21-15-36(32,33)16-22(21)35-24(29)28-23(30)19(14-18-11-6-5-7-12-18)27-25(31)34-26(2,3)4/h5-13,19,21-22H,14-16H2,1-4H3,(H,27,31)/t19-,21+,22-/m0/s1. The number of hydrogen-bond donors (Lipinski definition) is 1. The number of fused-ring (bicyclic) bond motifs is 1. The molecule has 2 aromatic carbocycles. The third-order valence-corrected chi connectivity index (χ3v) is 9.13. The number of hydrogen-bond acceptors (Lipinski definition) is 6. The molecule has 8 nitrogen and oxygen atoms in total. The summed E-state index contributed by atoms with van der Waals surface area (Å²) >= 11 is 1.31. The number of aryl methyl sites for hydroxylation is 1. The number of carbonyl (C=O) groups excluding carboxylic acids is 2. The van der Waals surface area contributed by atoms with Gasteiger partial charge in [-0.15, -0.1) is 0 Å². The van der Waals surface area contributed by atoms with E-state index in [1.807, 2.05) is 66.4 Å². The van der Waals surface area contributed by atoms with Crippen molar-refractivity contribution in [2.24, 2.45) is 4.99 Å². The first kappa shape index (κ1) is 26.2. The maximum absolute atomic E-state index is 13.5. The van der Waals surface area contributed by atoms with E-state index in [4.69, 9.17) is 4.74 Å². The predicted octanol–water partition coefficient (Wildman–Crippen LogP) is 3.73. The highest BCUT2D eigenvalue weighted by Crippen LogP contribution is 2.41. The van der Waals surface area contributed by atoms with Crippen LogP contribution in [0.3, 0.4) is 0 Å². The summed E-state index contributed by atoms with van der Waals surface area (Å²) in [6.45, 7) is 7.20. The summed E-state index contributed by atoms with van der Waals surface area (Å²) in [5.41, 5.74) is 1.92. The number of nitrogens with zero attached hydrogens (tertiary/aromatic N) is 2. The van der Waals surface area contributed by atoms with Crippen LogP contribution in [0, 0.1) is 6.92 Å². The number of amidine groups is 1. The van der Waals surface area contributed by atoms with Crippen LogP contribution in [0.15, 0.2) is 59.6 Å². The molecule has 192 valence electrons. The van der Waals surface area contributed by atoms with Crippen LogP contribution in [-0.4, -0.2) is 60.0 Å². The number of aliphatic imine (C=N–C) groups is 1. The second-order valence-corrected chi connectivity index (χ2v) is 13.4. The molecule has 0 saturated carbocycles. The number of thioether (sulfide) groups is 1. The van der Waals surface area contributed by atoms with E-state index in [0.717, 1.165) is 16.8 Å². The molecular weight excluding hydrogens is 498 g/mol. The Hall–Kier alpha value is -2.85. The number of carbonyl (C=O) groups is 2. The van der Waals surface area contributed by atoms with Crippen molar-refractivity contribution in [2.75, 3.05) is 16.4 Å². The van der Waals surface area contributed by atoms with Crippen molar-refractivity contribution in [1.82, 2.24) is 5.32 Å². The lowest BCUT2D eigenvalue weighted by atomic mass is 10.1. The molecule has 2 aliphatic rings. The number of alkyl carbamates (subject to hydrolysis) is 1. The van der Waals surface area contributed by atoms with Crippen LogP contribution in [0.5, 0.6) is 0 Å². The van der Waals surface area contributed by atoms with Crippen LogP contribution in [0.4, 0.5) is 10.5 Å². The van der Waals surface area contributed by atoms with Crippen molar-refractivity contribution >= 4 is 44.5 Å². The number of ether oxygens (including phenoxy) is 1. The number of para-hydroxylation sites is 1. The van der Waals surface area contributed by atoms with E-state index in [1.54, 1.807) is 20.8 Å². The summed E-state index contributed by atoms with van der Waals surface area (Å²) in [4.78, 5) is 32.4. The molecule has 0 radical (unpaired) electrons. The van der Waals surface area contributed by atoms with Crippen LogP contribution >= 0.6 is 11.8 Å². The highest BCUT2D eigenvalue weighted by atomic mass is 32.2. The summed E-state index contributed by atoms with van der Waals surface area (Å²) in [6, 6.07) is 15.8. The molecule has 0 unspecified atom stereocenters. The van der Waals surface area contributed by atoms with Gasteiger partial charge >= 0.3 is 6.09 Å². The molecule has 2 heterocycles. The summed E-state index contributed by atoms with van der Waals surface area (Å²) in [5.74, 6) is -0.467. The minimum Gasteiger partial charge on any atom is -0.444 e. The number of amides is 2. The number of nitrogens with one attached hydrogen (secondary N) is 1. The molecule has 1 N–H and O–H groups in total. The fourth-order valence-electron chi connectivity index (χ4n) is 4.35. The summed E-state index contributed by atoms with van der Waals surface area (Å²) in [6.07, 6.45) is -0.457. The minimum atomic E-state index is -3.18. The van der Waals surface area contributed by atoms with Gasteiger partial charge in [0.2, 0.25) is 0 Å². The Labute approximate surface area is 216 Å². The maximum atomic E-state index is 13.5. The SMILES string of the molecule is Cc1ccccc1N1C(=NC(=O)[C@H](Cc2ccccc2)NC(=O)OC(C)(C)C)S[C@H]2CS(=O)(=O)C[C@H]21. The van der Waals surface area contributed by atoms with Crippen molar-refractivity contribution in [3.8, 4) is 0 Å². The molecule has 0 spiro atoms. The van der Waals surface area contributed by atoms with Crippen molar-refractivity contribution < 1.29 is 22.7 Å². The summed E-state index contributed by atoms with van der Waals surface area (Å²) < 4.78 is 30.1. The lowest BCUT2D eigenvalue weighted by Gasteiger charge is -2.26. The monoisotopic (exact) mass is 529 g/mol. The average molecular weight is 530 g/mol. The van der Waals surface area contributed by atoms with Crippen LogP contribution in [0.25, 0.3) is 0 Å². The highest BCUT2D eigenvalue weighted by molar-refractivity contribution is 8.16. The second kappa shape index (κ2) is 10.3. The third-order valence-electron chi connectivity index (χ3n) is 5.92. The molecule has 2 saturated heterocycles. The van der Waals surface area contributed by atoms with Crippen LogP contribution in [-0.2, 0) is 25.8 Å². The number of sulfone groups is 1. The lowest BCUT2D eigenvalue weighted by molar-refractivity contribution is -0.119. The molecule has 2 amide bonds. The smallest absolute Gasteiger partial charge is 0.408 e. The van der Waals surface area contributed by atoms with Gasteiger partial charge in [-0.05, 0) is 44.9 Å². The Bertz CT molecular complexity index is 1270. The zero-order chi connectivity index (χ0) is 26.1. The first-order chi connectivity index (χ1) is 16.9. The van der Waals surface area contributed by atoms with Gasteiger partial charge in [0.25, 0.3) is 5.91 Å². The second-order valence-electron chi connectivity index (χ2n) is 10.1. The van der Waals surface area contributed by atoms with Gasteiger partial charge in [-0.2, -0.15) is 4.99 Å². The van der Waals surface area contributed by atoms with Gasteiger partial charge in [-0.1, -0.05) is 60.3 Å². The van der Waals surface area contributed by atoms with E-state index >= 15 is 0 Å². The molecule has 10 heteroatoms. The first-order valence-corrected chi connectivity index (χ1v) is 14.5. The molecule has 0 aliphatic carbocycles. The zero-order valence-corrected chi connectivity index (χ0v) is 22.4. The lowest BCUT2D eigenvalue weighted by Crippen LogP contribution is -2.45. The van der Waals surface area contributed by atoms with E-state index in [0.29, 0.717) is 5.17 Å². The molecule has 0 aromatic heterocycles. The Morgan fingerprint density at radius 1 is 1.11 bits per heavy atom. The topological polar surface area (TPSA) is 105 Å². The van der Waals surface area contributed by atoms with Gasteiger partial charge in [0, 0.05) is 17.4 Å². The van der Waals surface area contributed by atoms with E-state index < -0.39 is 33.5 Å². The number of anilines is 1. The van der Waals surface area contributed by atoms with Gasteiger partial charge in [-0.25, -0.2) is 13.2 Å². The quantitative estimate of drug-likeness (QED) is 0.629. The van der Waals surface area contributed by atoms with Gasteiger partial charge in [0.05, 0.1) is 17.5 Å². The highest BCUT2D eigenvalue weighted by Gasteiger charge is 2.49. The van der Waals surface area contributed by atoms with E-state index in [-0.39, 0.29) is 29.2 Å². The average Bonchev–Trinajstić information content (AvgIpc) is 3.24. The Balaban J connectivity index is 1.66. The molecule has 36 heavy (non-hydrogen) atoms. The van der Waals surface area contributed by atoms with Crippen LogP contribution in [0.2, 0.25) is 0 Å².